The predicted octanol–water partition coefficient (Wildman–Crippen LogP) is 3.83. The second-order valence-corrected chi connectivity index (χ2v) is 8.66. The van der Waals surface area contributed by atoms with Crippen LogP contribution in [0.5, 0.6) is 0 Å². The van der Waals surface area contributed by atoms with Crippen LogP contribution in [0.3, 0.4) is 0 Å². The normalized spacial score (nSPS) is 11.8. The third-order valence-electron chi connectivity index (χ3n) is 3.62. The van der Waals surface area contributed by atoms with Crippen molar-refractivity contribution >= 4 is 55.5 Å². The van der Waals surface area contributed by atoms with Crippen LogP contribution >= 0.6 is 34.8 Å². The molecule has 0 saturated carbocycles. The van der Waals surface area contributed by atoms with Gasteiger partial charge >= 0.3 is 0 Å². The van der Waals surface area contributed by atoms with Crippen molar-refractivity contribution in [2.24, 2.45) is 0 Å². The highest BCUT2D eigenvalue weighted by atomic mass is 35.5. The van der Waals surface area contributed by atoms with Gasteiger partial charge in [-0.25, -0.2) is 13.4 Å². The first kappa shape index (κ1) is 18.2. The third-order valence-corrected chi connectivity index (χ3v) is 6.26. The molecule has 0 amide bonds. The van der Waals surface area contributed by atoms with Crippen LogP contribution in [0.1, 0.15) is 0 Å². The zero-order valence-electron chi connectivity index (χ0n) is 12.6. The number of fused-ring (bicyclic) bond motifs is 1. The van der Waals surface area contributed by atoms with E-state index in [4.69, 9.17) is 34.8 Å². The van der Waals surface area contributed by atoms with Gasteiger partial charge in [-0.05, 0) is 36.4 Å². The zero-order valence-corrected chi connectivity index (χ0v) is 15.7. The Hall–Kier alpha value is -1.60. The molecule has 9 heteroatoms. The van der Waals surface area contributed by atoms with E-state index >= 15 is 0 Å². The minimum absolute atomic E-state index is 0.0599. The number of halogens is 3. The summed E-state index contributed by atoms with van der Waals surface area (Å²) in [6.45, 7) is -0.0599. The molecule has 0 saturated heterocycles. The van der Waals surface area contributed by atoms with Crippen LogP contribution in [0.2, 0.25) is 15.1 Å². The molecule has 0 bridgehead atoms. The highest BCUT2D eigenvalue weighted by molar-refractivity contribution is 7.91. The van der Waals surface area contributed by atoms with Gasteiger partial charge < -0.3 is 0 Å². The summed E-state index contributed by atoms with van der Waals surface area (Å²) in [6.07, 6.45) is 1.30. The quantitative estimate of drug-likeness (QED) is 0.647. The minimum Gasteiger partial charge on any atom is -0.298 e. The van der Waals surface area contributed by atoms with Crippen LogP contribution in [-0.4, -0.2) is 23.7 Å². The SMILES string of the molecule is O=c1c2ccc(Cl)cc2ncn1CCS(=O)(=O)c1cc(Cl)ccc1Cl. The van der Waals surface area contributed by atoms with Crippen molar-refractivity contribution in [3.05, 3.63) is 68.1 Å². The summed E-state index contributed by atoms with van der Waals surface area (Å²) in [5, 5.41) is 1.19. The number of hydrogen-bond donors (Lipinski definition) is 0. The summed E-state index contributed by atoms with van der Waals surface area (Å²) in [6, 6.07) is 8.94. The lowest BCUT2D eigenvalue weighted by atomic mass is 10.2. The summed E-state index contributed by atoms with van der Waals surface area (Å²) in [5.41, 5.74) is 0.114. The summed E-state index contributed by atoms with van der Waals surface area (Å²) in [4.78, 5) is 16.5. The van der Waals surface area contributed by atoms with Crippen molar-refractivity contribution in [1.82, 2.24) is 9.55 Å². The van der Waals surface area contributed by atoms with Crippen molar-refractivity contribution in [1.29, 1.82) is 0 Å². The fraction of sp³-hybridized carbons (Fsp3) is 0.125. The fourth-order valence-electron chi connectivity index (χ4n) is 2.33. The maximum atomic E-state index is 12.5. The molecule has 0 unspecified atom stereocenters. The van der Waals surface area contributed by atoms with Crippen LogP contribution in [-0.2, 0) is 16.4 Å². The number of aryl methyl sites for hydroxylation is 1. The maximum Gasteiger partial charge on any atom is 0.261 e. The van der Waals surface area contributed by atoms with Gasteiger partial charge in [0.2, 0.25) is 0 Å². The molecule has 0 aliphatic heterocycles. The third kappa shape index (κ3) is 3.82. The van der Waals surface area contributed by atoms with Crippen LogP contribution in [0.4, 0.5) is 0 Å². The Morgan fingerprint density at radius 1 is 1.00 bits per heavy atom. The van der Waals surface area contributed by atoms with Gasteiger partial charge in [0, 0.05) is 16.6 Å². The molecule has 3 rings (SSSR count). The molecule has 0 atom stereocenters. The van der Waals surface area contributed by atoms with Crippen molar-refractivity contribution in [3.8, 4) is 0 Å². The van der Waals surface area contributed by atoms with E-state index in [0.717, 1.165) is 0 Å². The highest BCUT2D eigenvalue weighted by Gasteiger charge is 2.19. The molecule has 0 aliphatic rings. The van der Waals surface area contributed by atoms with Crippen LogP contribution in [0.25, 0.3) is 10.9 Å². The van der Waals surface area contributed by atoms with Gasteiger partial charge in [-0.2, -0.15) is 0 Å². The van der Waals surface area contributed by atoms with Gasteiger partial charge in [0.1, 0.15) is 0 Å². The van der Waals surface area contributed by atoms with Gasteiger partial charge in [0.05, 0.1) is 32.9 Å². The standard InChI is InChI=1S/C16H11Cl3N2O3S/c17-10-1-3-12-14(7-10)20-9-21(16(12)22)5-6-25(23,24)15-8-11(18)2-4-13(15)19/h1-4,7-9H,5-6H2. The molecule has 0 radical (unpaired) electrons. The van der Waals surface area contributed by atoms with E-state index in [1.807, 2.05) is 0 Å². The van der Waals surface area contributed by atoms with Crippen LogP contribution in [0.15, 0.2) is 52.4 Å². The monoisotopic (exact) mass is 416 g/mol. The Labute approximate surface area is 158 Å². The number of benzene rings is 2. The molecule has 0 N–H and O–H groups in total. The van der Waals surface area contributed by atoms with E-state index < -0.39 is 9.84 Å². The molecular formula is C16H11Cl3N2O3S. The number of sulfone groups is 1. The van der Waals surface area contributed by atoms with E-state index in [9.17, 15) is 13.2 Å². The molecule has 0 fully saturated rings. The lowest BCUT2D eigenvalue weighted by Gasteiger charge is -2.09. The van der Waals surface area contributed by atoms with Gasteiger partial charge in [0.15, 0.2) is 9.84 Å². The van der Waals surface area contributed by atoms with Gasteiger partial charge in [0.25, 0.3) is 5.56 Å². The van der Waals surface area contributed by atoms with Crippen molar-refractivity contribution in [3.63, 3.8) is 0 Å². The van der Waals surface area contributed by atoms with Crippen molar-refractivity contribution in [2.75, 3.05) is 5.75 Å². The van der Waals surface area contributed by atoms with Crippen molar-refractivity contribution in [2.45, 2.75) is 11.4 Å². The van der Waals surface area contributed by atoms with Crippen LogP contribution < -0.4 is 5.56 Å². The second kappa shape index (κ2) is 6.96. The Balaban J connectivity index is 1.92. The maximum absolute atomic E-state index is 12.5. The molecule has 130 valence electrons. The molecule has 1 heterocycles. The average Bonchev–Trinajstić information content (AvgIpc) is 2.56. The Morgan fingerprint density at radius 2 is 1.68 bits per heavy atom. The summed E-state index contributed by atoms with van der Waals surface area (Å²) in [5.74, 6) is -0.312. The van der Waals surface area contributed by atoms with Gasteiger partial charge in [-0.15, -0.1) is 0 Å². The Kier molecular flexibility index (Phi) is 5.06. The van der Waals surface area contributed by atoms with E-state index in [1.54, 1.807) is 18.2 Å². The molecule has 0 aliphatic carbocycles. The number of nitrogens with zero attached hydrogens (tertiary/aromatic N) is 2. The van der Waals surface area contributed by atoms with E-state index in [0.29, 0.717) is 15.9 Å². The molecule has 3 aromatic rings. The van der Waals surface area contributed by atoms with Gasteiger partial charge in [-0.3, -0.25) is 9.36 Å². The molecule has 5 nitrogen and oxygen atoms in total. The largest absolute Gasteiger partial charge is 0.298 e. The first-order valence-electron chi connectivity index (χ1n) is 7.10. The summed E-state index contributed by atoms with van der Waals surface area (Å²) >= 11 is 17.7. The highest BCUT2D eigenvalue weighted by Crippen LogP contribution is 2.26. The second-order valence-electron chi connectivity index (χ2n) is 5.30. The smallest absolute Gasteiger partial charge is 0.261 e. The predicted molar refractivity (Wildman–Crippen MR) is 99.5 cm³/mol. The number of hydrogen-bond acceptors (Lipinski definition) is 4. The van der Waals surface area contributed by atoms with Crippen molar-refractivity contribution < 1.29 is 8.42 Å². The molecular weight excluding hydrogens is 407 g/mol. The summed E-state index contributed by atoms with van der Waals surface area (Å²) in [7, 11) is -3.71. The Morgan fingerprint density at radius 3 is 2.44 bits per heavy atom. The molecule has 1 aromatic heterocycles. The lowest BCUT2D eigenvalue weighted by Crippen LogP contribution is -2.24. The number of aromatic nitrogens is 2. The molecule has 2 aromatic carbocycles. The topological polar surface area (TPSA) is 69.0 Å². The lowest BCUT2D eigenvalue weighted by molar-refractivity contribution is 0.587. The van der Waals surface area contributed by atoms with E-state index in [2.05, 4.69) is 4.98 Å². The van der Waals surface area contributed by atoms with E-state index in [-0.39, 0.29) is 32.8 Å². The van der Waals surface area contributed by atoms with Gasteiger partial charge in [-0.1, -0.05) is 34.8 Å². The first-order chi connectivity index (χ1) is 11.8. The minimum atomic E-state index is -3.71. The fourth-order valence-corrected chi connectivity index (χ4v) is 4.54. The first-order valence-corrected chi connectivity index (χ1v) is 9.89. The summed E-state index contributed by atoms with van der Waals surface area (Å²) < 4.78 is 26.2. The zero-order chi connectivity index (χ0) is 18.2. The molecule has 25 heavy (non-hydrogen) atoms. The number of rotatable bonds is 4. The molecule has 0 spiro atoms. The van der Waals surface area contributed by atoms with E-state index in [1.165, 1.54) is 29.1 Å². The average molecular weight is 418 g/mol. The Bertz CT molecular complexity index is 1130. The van der Waals surface area contributed by atoms with Crippen LogP contribution in [0, 0.1) is 0 Å².